The summed E-state index contributed by atoms with van der Waals surface area (Å²) >= 11 is 0. The minimum Gasteiger partial charge on any atom is -0.367 e. The van der Waals surface area contributed by atoms with Crippen LogP contribution in [0.1, 0.15) is 29.0 Å². The summed E-state index contributed by atoms with van der Waals surface area (Å²) in [6.07, 6.45) is 2.83. The zero-order valence-corrected chi connectivity index (χ0v) is 18.6. The molecule has 7 nitrogen and oxygen atoms in total. The first-order valence-electron chi connectivity index (χ1n) is 11.6. The number of hydrogen-bond acceptors (Lipinski definition) is 5. The molecule has 3 aromatic rings. The first-order chi connectivity index (χ1) is 16.1. The molecule has 1 N–H and O–H groups in total. The van der Waals surface area contributed by atoms with Crippen molar-refractivity contribution in [1.29, 1.82) is 0 Å². The lowest BCUT2D eigenvalue weighted by Gasteiger charge is -2.36. The van der Waals surface area contributed by atoms with Crippen LogP contribution in [0.15, 0.2) is 47.3 Å². The molecule has 0 radical (unpaired) electrons. The molecule has 0 spiro atoms. The molecule has 0 unspecified atom stereocenters. The van der Waals surface area contributed by atoms with Crippen LogP contribution in [0.3, 0.4) is 0 Å². The van der Waals surface area contributed by atoms with Crippen molar-refractivity contribution in [3.05, 3.63) is 70.0 Å². The van der Waals surface area contributed by atoms with E-state index in [0.717, 1.165) is 57.8 Å². The van der Waals surface area contributed by atoms with Crippen molar-refractivity contribution in [3.63, 3.8) is 0 Å². The predicted molar refractivity (Wildman–Crippen MR) is 126 cm³/mol. The summed E-state index contributed by atoms with van der Waals surface area (Å²) in [5.74, 6) is 0.457. The molecule has 33 heavy (non-hydrogen) atoms. The standard InChI is InChI=1S/C25H28FN5O2/c26-20-5-1-2-6-22(20)30-15-13-29(14-16-30)12-10-27-24(32)18-8-9-19-21(17-18)28-23-7-3-4-11-31(23)25(19)33/h1-2,5-6,8-9,17H,3-4,7,10-16H2,(H,27,32). The van der Waals surface area contributed by atoms with Gasteiger partial charge in [-0.05, 0) is 43.2 Å². The molecule has 1 fully saturated rings. The number of fused-ring (bicyclic) bond motifs is 2. The number of benzene rings is 2. The maximum Gasteiger partial charge on any atom is 0.261 e. The number of hydrogen-bond donors (Lipinski definition) is 1. The summed E-state index contributed by atoms with van der Waals surface area (Å²) in [5.41, 5.74) is 1.73. The number of aromatic nitrogens is 2. The number of amides is 1. The highest BCUT2D eigenvalue weighted by Gasteiger charge is 2.20. The Morgan fingerprint density at radius 1 is 1.03 bits per heavy atom. The average molecular weight is 450 g/mol. The van der Waals surface area contributed by atoms with Gasteiger partial charge in [0, 0.05) is 57.8 Å². The minimum absolute atomic E-state index is 0.0174. The van der Waals surface area contributed by atoms with Crippen LogP contribution < -0.4 is 15.8 Å². The zero-order valence-electron chi connectivity index (χ0n) is 18.6. The van der Waals surface area contributed by atoms with Crippen LogP contribution in [0.2, 0.25) is 0 Å². The highest BCUT2D eigenvalue weighted by Crippen LogP contribution is 2.20. The highest BCUT2D eigenvalue weighted by molar-refractivity contribution is 5.97. The first kappa shape index (κ1) is 21.6. The largest absolute Gasteiger partial charge is 0.367 e. The SMILES string of the molecule is O=C(NCCN1CCN(c2ccccc2F)CC1)c1ccc2c(=O)n3c(nc2c1)CCCC3. The minimum atomic E-state index is -0.189. The van der Waals surface area contributed by atoms with Crippen LogP contribution in [0.5, 0.6) is 0 Å². The van der Waals surface area contributed by atoms with E-state index in [0.29, 0.717) is 35.2 Å². The molecule has 1 saturated heterocycles. The van der Waals surface area contributed by atoms with E-state index in [1.54, 1.807) is 28.8 Å². The molecule has 0 aliphatic carbocycles. The molecular weight excluding hydrogens is 421 g/mol. The number of nitrogens with one attached hydrogen (secondary N) is 1. The number of carbonyl (C=O) groups excluding carboxylic acids is 1. The Labute approximate surface area is 191 Å². The van der Waals surface area contributed by atoms with Crippen LogP contribution in [0, 0.1) is 5.82 Å². The van der Waals surface area contributed by atoms with Gasteiger partial charge < -0.3 is 10.2 Å². The van der Waals surface area contributed by atoms with E-state index in [2.05, 4.69) is 20.1 Å². The number of aryl methyl sites for hydroxylation is 1. The molecule has 3 heterocycles. The Bertz CT molecular complexity index is 1230. The van der Waals surface area contributed by atoms with E-state index in [4.69, 9.17) is 0 Å². The number of rotatable bonds is 5. The van der Waals surface area contributed by atoms with Gasteiger partial charge in [-0.15, -0.1) is 0 Å². The second kappa shape index (κ2) is 9.31. The summed E-state index contributed by atoms with van der Waals surface area (Å²) in [4.78, 5) is 34.4. The Kier molecular flexibility index (Phi) is 6.09. The molecule has 2 aliphatic heterocycles. The molecule has 0 saturated carbocycles. The van der Waals surface area contributed by atoms with Crippen LogP contribution >= 0.6 is 0 Å². The van der Waals surface area contributed by atoms with E-state index in [-0.39, 0.29) is 17.3 Å². The highest BCUT2D eigenvalue weighted by atomic mass is 19.1. The van der Waals surface area contributed by atoms with Gasteiger partial charge in [0.05, 0.1) is 16.6 Å². The van der Waals surface area contributed by atoms with Crippen molar-refractivity contribution >= 4 is 22.5 Å². The molecular formula is C25H28FN5O2. The van der Waals surface area contributed by atoms with Gasteiger partial charge in [0.1, 0.15) is 11.6 Å². The number of piperazine rings is 1. The third-order valence-electron chi connectivity index (χ3n) is 6.61. The Morgan fingerprint density at radius 3 is 2.67 bits per heavy atom. The average Bonchev–Trinajstić information content (AvgIpc) is 2.85. The van der Waals surface area contributed by atoms with Crippen LogP contribution in [-0.2, 0) is 13.0 Å². The van der Waals surface area contributed by atoms with Crippen molar-refractivity contribution in [2.75, 3.05) is 44.2 Å². The quantitative estimate of drug-likeness (QED) is 0.648. The molecule has 2 aromatic carbocycles. The van der Waals surface area contributed by atoms with E-state index in [1.807, 2.05) is 12.1 Å². The van der Waals surface area contributed by atoms with Gasteiger partial charge >= 0.3 is 0 Å². The number of halogens is 1. The molecule has 1 aromatic heterocycles. The van der Waals surface area contributed by atoms with Crippen molar-refractivity contribution in [1.82, 2.24) is 19.8 Å². The molecule has 8 heteroatoms. The molecule has 1 amide bonds. The Morgan fingerprint density at radius 2 is 1.85 bits per heavy atom. The lowest BCUT2D eigenvalue weighted by molar-refractivity contribution is 0.0948. The second-order valence-electron chi connectivity index (χ2n) is 8.71. The Hall–Kier alpha value is -3.26. The van der Waals surface area contributed by atoms with Crippen LogP contribution in [0.25, 0.3) is 10.9 Å². The second-order valence-corrected chi connectivity index (χ2v) is 8.71. The normalized spacial score (nSPS) is 16.6. The molecule has 5 rings (SSSR count). The fraction of sp³-hybridized carbons (Fsp3) is 0.400. The number of anilines is 1. The third kappa shape index (κ3) is 4.48. The van der Waals surface area contributed by atoms with Gasteiger partial charge in [-0.3, -0.25) is 19.1 Å². The van der Waals surface area contributed by atoms with Crippen molar-refractivity contribution < 1.29 is 9.18 Å². The van der Waals surface area contributed by atoms with Gasteiger partial charge in [0.25, 0.3) is 11.5 Å². The number of nitrogens with zero attached hydrogens (tertiary/aromatic N) is 4. The molecule has 0 atom stereocenters. The summed E-state index contributed by atoms with van der Waals surface area (Å²) in [7, 11) is 0. The van der Waals surface area contributed by atoms with Crippen molar-refractivity contribution in [2.24, 2.45) is 0 Å². The van der Waals surface area contributed by atoms with E-state index in [1.165, 1.54) is 6.07 Å². The van der Waals surface area contributed by atoms with Gasteiger partial charge in [-0.25, -0.2) is 9.37 Å². The summed E-state index contributed by atoms with van der Waals surface area (Å²) in [6, 6.07) is 12.0. The van der Waals surface area contributed by atoms with Crippen LogP contribution in [0.4, 0.5) is 10.1 Å². The van der Waals surface area contributed by atoms with Crippen molar-refractivity contribution in [2.45, 2.75) is 25.8 Å². The number of carbonyl (C=O) groups is 1. The number of para-hydroxylation sites is 1. The fourth-order valence-corrected chi connectivity index (χ4v) is 4.73. The molecule has 0 bridgehead atoms. The van der Waals surface area contributed by atoms with Gasteiger partial charge in [0.2, 0.25) is 0 Å². The molecule has 2 aliphatic rings. The van der Waals surface area contributed by atoms with E-state index in [9.17, 15) is 14.0 Å². The predicted octanol–water partition coefficient (Wildman–Crippen LogP) is 2.42. The topological polar surface area (TPSA) is 70.5 Å². The van der Waals surface area contributed by atoms with Crippen LogP contribution in [-0.4, -0.2) is 59.6 Å². The van der Waals surface area contributed by atoms with E-state index < -0.39 is 0 Å². The third-order valence-corrected chi connectivity index (χ3v) is 6.61. The van der Waals surface area contributed by atoms with E-state index >= 15 is 0 Å². The Balaban J connectivity index is 1.16. The lowest BCUT2D eigenvalue weighted by Crippen LogP contribution is -2.48. The van der Waals surface area contributed by atoms with Crippen molar-refractivity contribution in [3.8, 4) is 0 Å². The maximum absolute atomic E-state index is 14.0. The summed E-state index contributed by atoms with van der Waals surface area (Å²) < 4.78 is 15.8. The lowest BCUT2D eigenvalue weighted by atomic mass is 10.1. The van der Waals surface area contributed by atoms with Gasteiger partial charge in [-0.2, -0.15) is 0 Å². The first-order valence-corrected chi connectivity index (χ1v) is 11.6. The summed E-state index contributed by atoms with van der Waals surface area (Å²) in [5, 5.41) is 3.53. The molecule has 172 valence electrons. The fourth-order valence-electron chi connectivity index (χ4n) is 4.73. The van der Waals surface area contributed by atoms with Gasteiger partial charge in [-0.1, -0.05) is 12.1 Å². The maximum atomic E-state index is 14.0. The monoisotopic (exact) mass is 449 g/mol. The summed E-state index contributed by atoms with van der Waals surface area (Å²) in [6.45, 7) is 5.12. The zero-order chi connectivity index (χ0) is 22.8. The van der Waals surface area contributed by atoms with Gasteiger partial charge in [0.15, 0.2) is 0 Å². The smallest absolute Gasteiger partial charge is 0.261 e.